The van der Waals surface area contributed by atoms with Gasteiger partial charge in [0, 0.05) is 24.1 Å². The predicted octanol–water partition coefficient (Wildman–Crippen LogP) is 0.968. The topological polar surface area (TPSA) is 105 Å². The summed E-state index contributed by atoms with van der Waals surface area (Å²) in [5.41, 5.74) is 2.32. The fourth-order valence-electron chi connectivity index (χ4n) is 3.07. The maximum atomic E-state index is 14.3. The fourth-order valence-corrected chi connectivity index (χ4v) is 3.07. The van der Waals surface area contributed by atoms with Crippen LogP contribution in [0.4, 0.5) is 16.0 Å². The summed E-state index contributed by atoms with van der Waals surface area (Å²) in [4.78, 5) is 16.1. The molecule has 27 heavy (non-hydrogen) atoms. The van der Waals surface area contributed by atoms with E-state index in [-0.39, 0.29) is 24.8 Å². The number of likely N-dealkylation sites (N-methyl/N-ethyl adjacent to an activating group) is 1. The van der Waals surface area contributed by atoms with E-state index in [9.17, 15) is 9.18 Å². The summed E-state index contributed by atoms with van der Waals surface area (Å²) < 4.78 is 21.4. The normalized spacial score (nSPS) is 12.7. The number of rotatable bonds is 6. The van der Waals surface area contributed by atoms with Crippen molar-refractivity contribution in [3.05, 3.63) is 41.6 Å². The van der Waals surface area contributed by atoms with Crippen molar-refractivity contribution in [2.75, 3.05) is 30.8 Å². The first-order chi connectivity index (χ1) is 13.2. The number of amides is 1. The van der Waals surface area contributed by atoms with Crippen molar-refractivity contribution >= 4 is 23.2 Å². The second-order valence-electron chi connectivity index (χ2n) is 6.05. The summed E-state index contributed by atoms with van der Waals surface area (Å²) in [6, 6.07) is 3.06. The molecule has 3 N–H and O–H groups in total. The summed E-state index contributed by atoms with van der Waals surface area (Å²) in [7, 11) is 1.68. The van der Waals surface area contributed by atoms with Crippen LogP contribution in [0.2, 0.25) is 0 Å². The molecular weight excluding hydrogens is 353 g/mol. The smallest absolute Gasteiger partial charge is 0.238 e. The maximum absolute atomic E-state index is 14.3. The number of carbonyl (C=O) groups excluding carboxylic acids is 1. The molecule has 9 nitrogen and oxygen atoms in total. The van der Waals surface area contributed by atoms with Crippen LogP contribution in [0.1, 0.15) is 11.1 Å². The van der Waals surface area contributed by atoms with Crippen LogP contribution in [0.5, 0.6) is 5.75 Å². The van der Waals surface area contributed by atoms with Gasteiger partial charge in [0.15, 0.2) is 5.65 Å². The Kier molecular flexibility index (Phi) is 4.55. The van der Waals surface area contributed by atoms with E-state index in [1.165, 1.54) is 18.6 Å². The quantitative estimate of drug-likeness (QED) is 0.593. The zero-order valence-corrected chi connectivity index (χ0v) is 14.6. The molecule has 0 unspecified atom stereocenters. The van der Waals surface area contributed by atoms with Gasteiger partial charge < -0.3 is 20.7 Å². The third kappa shape index (κ3) is 3.26. The molecule has 0 aliphatic carbocycles. The van der Waals surface area contributed by atoms with Crippen LogP contribution in [-0.2, 0) is 17.8 Å². The van der Waals surface area contributed by atoms with Crippen molar-refractivity contribution in [1.82, 2.24) is 24.9 Å². The molecule has 10 heteroatoms. The van der Waals surface area contributed by atoms with E-state index in [1.807, 2.05) is 0 Å². The molecule has 1 amide bonds. The van der Waals surface area contributed by atoms with Gasteiger partial charge in [0.05, 0.1) is 19.3 Å². The van der Waals surface area contributed by atoms with Crippen LogP contribution < -0.4 is 20.7 Å². The number of nitrogens with one attached hydrogen (secondary N) is 3. The zero-order chi connectivity index (χ0) is 18.8. The fraction of sp³-hybridized carbons (Fsp3) is 0.294. The van der Waals surface area contributed by atoms with Gasteiger partial charge in [0.2, 0.25) is 11.9 Å². The Morgan fingerprint density at radius 2 is 2.30 bits per heavy atom. The zero-order valence-electron chi connectivity index (χ0n) is 14.6. The van der Waals surface area contributed by atoms with Crippen molar-refractivity contribution in [1.29, 1.82) is 0 Å². The van der Waals surface area contributed by atoms with Crippen molar-refractivity contribution in [3.8, 4) is 5.75 Å². The van der Waals surface area contributed by atoms with Gasteiger partial charge >= 0.3 is 0 Å². The summed E-state index contributed by atoms with van der Waals surface area (Å²) in [6.07, 6.45) is 3.65. The second kappa shape index (κ2) is 7.16. The SMILES string of the molecule is CNCC(=O)Nc1cnc(NCc2c(F)ccc3c2CCO3)n2cnnc12. The molecule has 4 rings (SSSR count). The molecule has 0 saturated carbocycles. The summed E-state index contributed by atoms with van der Waals surface area (Å²) >= 11 is 0. The number of hydrogen-bond donors (Lipinski definition) is 3. The van der Waals surface area contributed by atoms with Crippen molar-refractivity contribution < 1.29 is 13.9 Å². The monoisotopic (exact) mass is 371 g/mol. The van der Waals surface area contributed by atoms with E-state index < -0.39 is 0 Å². The summed E-state index contributed by atoms with van der Waals surface area (Å²) in [5.74, 6) is 0.658. The summed E-state index contributed by atoms with van der Waals surface area (Å²) in [6.45, 7) is 0.964. The minimum atomic E-state index is -0.289. The van der Waals surface area contributed by atoms with Crippen molar-refractivity contribution in [3.63, 3.8) is 0 Å². The van der Waals surface area contributed by atoms with Crippen LogP contribution in [-0.4, -0.2) is 45.7 Å². The van der Waals surface area contributed by atoms with E-state index in [4.69, 9.17) is 4.74 Å². The van der Waals surface area contributed by atoms with E-state index >= 15 is 0 Å². The molecule has 2 aromatic heterocycles. The molecule has 3 aromatic rings. The largest absolute Gasteiger partial charge is 0.493 e. The first-order valence-electron chi connectivity index (χ1n) is 8.47. The molecule has 0 bridgehead atoms. The molecule has 0 spiro atoms. The molecule has 3 heterocycles. The first kappa shape index (κ1) is 17.2. The predicted molar refractivity (Wildman–Crippen MR) is 96.3 cm³/mol. The third-order valence-electron chi connectivity index (χ3n) is 4.31. The Balaban J connectivity index is 1.58. The lowest BCUT2D eigenvalue weighted by molar-refractivity contribution is -0.115. The molecular formula is C17H18FN7O2. The van der Waals surface area contributed by atoms with Crippen LogP contribution in [0.15, 0.2) is 24.7 Å². The molecule has 1 aliphatic heterocycles. The number of ether oxygens (including phenoxy) is 1. The van der Waals surface area contributed by atoms with Crippen LogP contribution >= 0.6 is 0 Å². The van der Waals surface area contributed by atoms with Gasteiger partial charge in [0.25, 0.3) is 0 Å². The third-order valence-corrected chi connectivity index (χ3v) is 4.31. The number of hydrogen-bond acceptors (Lipinski definition) is 7. The lowest BCUT2D eigenvalue weighted by Crippen LogP contribution is -2.25. The standard InChI is InChI=1S/C17H18FN7O2/c1-19-8-15(26)23-13-7-21-17(25-9-22-24-16(13)25)20-6-11-10-4-5-27-14(10)3-2-12(11)18/h2-3,7,9,19H,4-6,8H2,1H3,(H,20,21)(H,23,26). The molecule has 0 fully saturated rings. The van der Waals surface area contributed by atoms with Crippen LogP contribution in [0.3, 0.4) is 0 Å². The highest BCUT2D eigenvalue weighted by Crippen LogP contribution is 2.30. The van der Waals surface area contributed by atoms with Crippen LogP contribution in [0.25, 0.3) is 5.65 Å². The van der Waals surface area contributed by atoms with E-state index in [0.29, 0.717) is 35.9 Å². The number of anilines is 2. The highest BCUT2D eigenvalue weighted by Gasteiger charge is 2.20. The highest BCUT2D eigenvalue weighted by atomic mass is 19.1. The Labute approximate surface area is 154 Å². The molecule has 1 aromatic carbocycles. The number of benzene rings is 1. The number of nitrogens with zero attached hydrogens (tertiary/aromatic N) is 4. The number of fused-ring (bicyclic) bond motifs is 2. The highest BCUT2D eigenvalue weighted by molar-refractivity contribution is 5.95. The summed E-state index contributed by atoms with van der Waals surface area (Å²) in [5, 5.41) is 16.5. The maximum Gasteiger partial charge on any atom is 0.238 e. The van der Waals surface area contributed by atoms with E-state index in [2.05, 4.69) is 31.1 Å². The van der Waals surface area contributed by atoms with Crippen molar-refractivity contribution in [2.45, 2.75) is 13.0 Å². The molecule has 1 aliphatic rings. The molecule has 0 saturated heterocycles. The van der Waals surface area contributed by atoms with Gasteiger partial charge in [-0.25, -0.2) is 13.8 Å². The van der Waals surface area contributed by atoms with Gasteiger partial charge in [-0.2, -0.15) is 0 Å². The van der Waals surface area contributed by atoms with Gasteiger partial charge in [-0.05, 0) is 19.2 Å². The average Bonchev–Trinajstić information content (AvgIpc) is 3.31. The number of halogens is 1. The Morgan fingerprint density at radius 1 is 1.41 bits per heavy atom. The Hall–Kier alpha value is -3.27. The molecule has 140 valence electrons. The van der Waals surface area contributed by atoms with Gasteiger partial charge in [0.1, 0.15) is 23.6 Å². The number of carbonyl (C=O) groups is 1. The Bertz CT molecular complexity index is 1000. The minimum absolute atomic E-state index is 0.167. The van der Waals surface area contributed by atoms with Crippen LogP contribution in [0, 0.1) is 5.82 Å². The van der Waals surface area contributed by atoms with Gasteiger partial charge in [-0.3, -0.25) is 4.79 Å². The van der Waals surface area contributed by atoms with Crippen molar-refractivity contribution in [2.24, 2.45) is 0 Å². The number of aromatic nitrogens is 4. The average molecular weight is 371 g/mol. The minimum Gasteiger partial charge on any atom is -0.493 e. The second-order valence-corrected chi connectivity index (χ2v) is 6.05. The molecule has 0 atom stereocenters. The Morgan fingerprint density at radius 3 is 3.15 bits per heavy atom. The lowest BCUT2D eigenvalue weighted by atomic mass is 10.0. The van der Waals surface area contributed by atoms with Gasteiger partial charge in [-0.1, -0.05) is 0 Å². The van der Waals surface area contributed by atoms with E-state index in [1.54, 1.807) is 17.5 Å². The van der Waals surface area contributed by atoms with E-state index in [0.717, 1.165) is 11.3 Å². The van der Waals surface area contributed by atoms with Gasteiger partial charge in [-0.15, -0.1) is 10.2 Å². The molecule has 0 radical (unpaired) electrons. The lowest BCUT2D eigenvalue weighted by Gasteiger charge is -2.12. The first-order valence-corrected chi connectivity index (χ1v) is 8.47.